The van der Waals surface area contributed by atoms with E-state index in [0.29, 0.717) is 0 Å². The van der Waals surface area contributed by atoms with Crippen LogP contribution < -0.4 is 0 Å². The minimum Gasteiger partial charge on any atom is -0.00913 e. The summed E-state index contributed by atoms with van der Waals surface area (Å²) in [6.07, 6.45) is -0.0833. The summed E-state index contributed by atoms with van der Waals surface area (Å²) in [6, 6.07) is 0. The van der Waals surface area contributed by atoms with Gasteiger partial charge in [0.15, 0.2) is 0 Å². The van der Waals surface area contributed by atoms with Crippen LogP contribution in [0.4, 0.5) is 4.39 Å². The van der Waals surface area contributed by atoms with Crippen LogP contribution in [0.5, 0.6) is 0 Å². The first-order valence-electron chi connectivity index (χ1n) is 1.19. The van der Waals surface area contributed by atoms with Gasteiger partial charge in [-0.15, -0.1) is 0 Å². The minimum atomic E-state index is -0.0833. The maximum Gasteiger partial charge on any atom is 0.292 e. The van der Waals surface area contributed by atoms with Gasteiger partial charge in [-0.1, -0.05) is 0 Å². The topological polar surface area (TPSA) is 0 Å². The molecule has 0 radical (unpaired) electrons. The highest BCUT2D eigenvalue weighted by atomic mass is 19.1. The first-order valence-corrected chi connectivity index (χ1v) is 1.19. The molecule has 4 heavy (non-hydrogen) atoms. The molecule has 24 valence electrons. The second-order valence-corrected chi connectivity index (χ2v) is 0.878. The monoisotopic (exact) mass is 61.0 g/mol. The Morgan fingerprint density at radius 2 is 1.50 bits per heavy atom. The lowest BCUT2D eigenvalue weighted by molar-refractivity contribution is 0.524. The van der Waals surface area contributed by atoms with Crippen LogP contribution in [0.15, 0.2) is 0 Å². The number of rotatable bonds is 0. The van der Waals surface area contributed by atoms with Crippen LogP contribution >= 0.6 is 0 Å². The largest absolute Gasteiger partial charge is 0.292 e. The summed E-state index contributed by atoms with van der Waals surface area (Å²) in [6.45, 7) is 2.83. The standard InChI is InChI=1S/C3H6F/c1-3(2)4/h1-2H3/q+1. The van der Waals surface area contributed by atoms with Crippen molar-refractivity contribution in [2.75, 3.05) is 0 Å². The van der Waals surface area contributed by atoms with Crippen LogP contribution in [0.25, 0.3) is 0 Å². The van der Waals surface area contributed by atoms with E-state index in [4.69, 9.17) is 0 Å². The zero-order valence-electron chi connectivity index (χ0n) is 2.88. The molecule has 0 saturated carbocycles. The van der Waals surface area contributed by atoms with Gasteiger partial charge in [0.1, 0.15) is 13.8 Å². The Kier molecular flexibility index (Phi) is 1.10. The summed E-state index contributed by atoms with van der Waals surface area (Å²) in [7, 11) is 0. The van der Waals surface area contributed by atoms with Gasteiger partial charge in [-0.25, -0.2) is 0 Å². The van der Waals surface area contributed by atoms with Crippen molar-refractivity contribution in [1.82, 2.24) is 0 Å². The van der Waals surface area contributed by atoms with Gasteiger partial charge >= 0.3 is 0 Å². The van der Waals surface area contributed by atoms with Crippen molar-refractivity contribution < 1.29 is 4.39 Å². The molecule has 0 aliphatic heterocycles. The molecule has 0 amide bonds. The minimum absolute atomic E-state index is 0.0833. The van der Waals surface area contributed by atoms with Gasteiger partial charge in [-0.05, 0) is 4.39 Å². The lowest BCUT2D eigenvalue weighted by atomic mass is 10.5. The predicted molar refractivity (Wildman–Crippen MR) is 15.7 cm³/mol. The molecule has 0 aromatic rings. The molecule has 0 rings (SSSR count). The third-order valence-corrected chi connectivity index (χ3v) is 0. The van der Waals surface area contributed by atoms with Gasteiger partial charge in [0.05, 0.1) is 0 Å². The smallest absolute Gasteiger partial charge is 0.00913 e. The summed E-state index contributed by atoms with van der Waals surface area (Å²) in [5.41, 5.74) is 0. The first-order chi connectivity index (χ1) is 1.73. The van der Waals surface area contributed by atoms with E-state index >= 15 is 0 Å². The van der Waals surface area contributed by atoms with Gasteiger partial charge in [0, 0.05) is 0 Å². The third-order valence-electron chi connectivity index (χ3n) is 0. The van der Waals surface area contributed by atoms with Crippen molar-refractivity contribution in [3.63, 3.8) is 0 Å². The van der Waals surface area contributed by atoms with Crippen molar-refractivity contribution in [3.05, 3.63) is 6.17 Å². The molecule has 0 spiro atoms. The lowest BCUT2D eigenvalue weighted by Crippen LogP contribution is -1.58. The lowest BCUT2D eigenvalue weighted by Gasteiger charge is -1.55. The molecule has 0 N–H and O–H groups in total. The zero-order chi connectivity index (χ0) is 3.58. The van der Waals surface area contributed by atoms with E-state index in [1.54, 1.807) is 0 Å². The molecule has 0 unspecified atom stereocenters. The summed E-state index contributed by atoms with van der Waals surface area (Å²) in [4.78, 5) is 0. The molecular weight excluding hydrogens is 55.0 g/mol. The van der Waals surface area contributed by atoms with E-state index in [1.165, 1.54) is 13.8 Å². The third kappa shape index (κ3) is 28.8. The summed E-state index contributed by atoms with van der Waals surface area (Å²) in [5, 5.41) is 0. The second kappa shape index (κ2) is 1.16. The van der Waals surface area contributed by atoms with Crippen molar-refractivity contribution in [2.24, 2.45) is 0 Å². The highest BCUT2D eigenvalue weighted by molar-refractivity contribution is 4.53. The van der Waals surface area contributed by atoms with E-state index in [1.807, 2.05) is 0 Å². The molecule has 1 heteroatoms. The average Bonchev–Trinajstić information content (AvgIpc) is 0.811. The van der Waals surface area contributed by atoms with Gasteiger partial charge in [-0.3, -0.25) is 0 Å². The van der Waals surface area contributed by atoms with Crippen LogP contribution in [0, 0.1) is 6.17 Å². The normalized spacial score (nSPS) is 6.75. The molecule has 0 nitrogen and oxygen atoms in total. The van der Waals surface area contributed by atoms with E-state index in [2.05, 4.69) is 0 Å². The molecule has 0 bridgehead atoms. The van der Waals surface area contributed by atoms with E-state index < -0.39 is 0 Å². The fourth-order valence-electron chi connectivity index (χ4n) is 0. The quantitative estimate of drug-likeness (QED) is 0.372. The van der Waals surface area contributed by atoms with Crippen LogP contribution in [0.2, 0.25) is 0 Å². The number of halogens is 1. The summed E-state index contributed by atoms with van der Waals surface area (Å²) < 4.78 is 10.9. The Bertz CT molecular complexity index is 8.00. The Morgan fingerprint density at radius 1 is 1.50 bits per heavy atom. The maximum absolute atomic E-state index is 10.9. The van der Waals surface area contributed by atoms with Crippen molar-refractivity contribution in [2.45, 2.75) is 13.8 Å². The highest BCUT2D eigenvalue weighted by Crippen LogP contribution is 1.90. The van der Waals surface area contributed by atoms with Crippen molar-refractivity contribution >= 4 is 0 Å². The Balaban J connectivity index is 2.32. The van der Waals surface area contributed by atoms with Crippen molar-refractivity contribution in [1.29, 1.82) is 0 Å². The SMILES string of the molecule is C[C+](C)F. The van der Waals surface area contributed by atoms with E-state index in [9.17, 15) is 4.39 Å². The molecular formula is C3H6F+. The first kappa shape index (κ1) is 3.80. The van der Waals surface area contributed by atoms with Crippen LogP contribution in [-0.2, 0) is 0 Å². The van der Waals surface area contributed by atoms with Crippen LogP contribution in [0.3, 0.4) is 0 Å². The molecule has 0 heterocycles. The Morgan fingerprint density at radius 3 is 1.50 bits per heavy atom. The van der Waals surface area contributed by atoms with Crippen LogP contribution in [-0.4, -0.2) is 0 Å². The Hall–Kier alpha value is -0.200. The van der Waals surface area contributed by atoms with Gasteiger partial charge in [0.25, 0.3) is 6.17 Å². The summed E-state index contributed by atoms with van der Waals surface area (Å²) in [5.74, 6) is 0. The van der Waals surface area contributed by atoms with E-state index in [0.717, 1.165) is 0 Å². The van der Waals surface area contributed by atoms with E-state index in [-0.39, 0.29) is 6.17 Å². The second-order valence-electron chi connectivity index (χ2n) is 0.878. The molecule has 0 fully saturated rings. The number of hydrogen-bond donors (Lipinski definition) is 0. The molecule has 0 aliphatic rings. The van der Waals surface area contributed by atoms with Crippen molar-refractivity contribution in [3.8, 4) is 0 Å². The van der Waals surface area contributed by atoms with Gasteiger partial charge in [0.2, 0.25) is 0 Å². The zero-order valence-corrected chi connectivity index (χ0v) is 2.88. The fraction of sp³-hybridized carbons (Fsp3) is 0.667. The fourth-order valence-corrected chi connectivity index (χ4v) is 0. The predicted octanol–water partition coefficient (Wildman–Crippen LogP) is 1.53. The molecule has 0 atom stereocenters. The maximum atomic E-state index is 10.9. The van der Waals surface area contributed by atoms with Gasteiger partial charge in [-0.2, -0.15) is 0 Å². The van der Waals surface area contributed by atoms with Gasteiger partial charge < -0.3 is 0 Å². The van der Waals surface area contributed by atoms with Crippen LogP contribution in [0.1, 0.15) is 13.8 Å². The number of hydrogen-bond acceptors (Lipinski definition) is 0. The molecule has 0 aromatic heterocycles. The highest BCUT2D eigenvalue weighted by Gasteiger charge is 1.92. The Labute approximate surface area is 25.6 Å². The summed E-state index contributed by atoms with van der Waals surface area (Å²) >= 11 is 0. The molecule has 0 aromatic carbocycles. The molecule has 0 aliphatic carbocycles. The molecule has 0 saturated heterocycles. The average molecular weight is 61.1 g/mol.